The van der Waals surface area contributed by atoms with E-state index in [0.29, 0.717) is 35.9 Å². The van der Waals surface area contributed by atoms with Crippen LogP contribution in [0.4, 0.5) is 23.4 Å². The Morgan fingerprint density at radius 3 is 2.57 bits per heavy atom. The highest BCUT2D eigenvalue weighted by Gasteiger charge is 2.45. The van der Waals surface area contributed by atoms with Crippen molar-refractivity contribution in [1.29, 1.82) is 0 Å². The first-order valence-corrected chi connectivity index (χ1v) is 15.4. The average molecular weight is 715 g/mol. The zero-order valence-corrected chi connectivity index (χ0v) is 25.8. The first-order chi connectivity index (χ1) is 19.8. The summed E-state index contributed by atoms with van der Waals surface area (Å²) >= 11 is 3.04. The van der Waals surface area contributed by atoms with Crippen LogP contribution in [0.3, 0.4) is 0 Å². The van der Waals surface area contributed by atoms with Gasteiger partial charge < -0.3 is 14.5 Å². The van der Waals surface area contributed by atoms with Crippen LogP contribution in [0.15, 0.2) is 46.6 Å². The lowest BCUT2D eigenvalue weighted by Gasteiger charge is -2.44. The number of carbonyl (C=O) groups excluding carboxylic acids is 1. The summed E-state index contributed by atoms with van der Waals surface area (Å²) in [5, 5.41) is 0.213. The first kappa shape index (κ1) is 29.4. The van der Waals surface area contributed by atoms with E-state index < -0.39 is 28.7 Å². The van der Waals surface area contributed by atoms with Gasteiger partial charge in [0.05, 0.1) is 24.3 Å². The predicted molar refractivity (Wildman–Crippen MR) is 161 cm³/mol. The largest absolute Gasteiger partial charge is 0.417 e. The maximum absolute atomic E-state index is 14.9. The summed E-state index contributed by atoms with van der Waals surface area (Å²) in [6.07, 6.45) is -3.52. The molecule has 0 unspecified atom stereocenters. The highest BCUT2D eigenvalue weighted by Crippen LogP contribution is 2.51. The first-order valence-electron chi connectivity index (χ1n) is 13.4. The van der Waals surface area contributed by atoms with Gasteiger partial charge in [0, 0.05) is 62.3 Å². The number of carbonyl (C=O) groups is 1. The number of ether oxygens (including phenoxy) is 1. The molecule has 42 heavy (non-hydrogen) atoms. The average Bonchev–Trinajstić information content (AvgIpc) is 3.11. The van der Waals surface area contributed by atoms with Gasteiger partial charge in [-0.1, -0.05) is 12.6 Å². The molecule has 0 N–H and O–H groups in total. The van der Waals surface area contributed by atoms with E-state index in [-0.39, 0.29) is 57.0 Å². The molecule has 3 aliphatic heterocycles. The molecule has 1 spiro atoms. The van der Waals surface area contributed by atoms with Gasteiger partial charge in [-0.25, -0.2) is 9.18 Å². The van der Waals surface area contributed by atoms with Crippen LogP contribution in [0.1, 0.15) is 19.4 Å². The molecule has 4 heterocycles. The van der Waals surface area contributed by atoms with Gasteiger partial charge in [-0.3, -0.25) is 9.36 Å². The zero-order chi connectivity index (χ0) is 30.1. The van der Waals surface area contributed by atoms with Crippen LogP contribution in [-0.4, -0.2) is 64.5 Å². The molecular formula is C29H27F4IN4O3S. The minimum absolute atomic E-state index is 0.0803. The van der Waals surface area contributed by atoms with Gasteiger partial charge in [0.15, 0.2) is 0 Å². The molecular weight excluding hydrogens is 687 g/mol. The third-order valence-electron chi connectivity index (χ3n) is 8.26. The molecule has 13 heteroatoms. The van der Waals surface area contributed by atoms with Crippen molar-refractivity contribution in [1.82, 2.24) is 14.5 Å². The van der Waals surface area contributed by atoms with Gasteiger partial charge in [-0.2, -0.15) is 18.2 Å². The van der Waals surface area contributed by atoms with Crippen molar-refractivity contribution in [2.75, 3.05) is 37.0 Å². The van der Waals surface area contributed by atoms with E-state index >= 15 is 0 Å². The zero-order valence-electron chi connectivity index (χ0n) is 22.8. The topological polar surface area (TPSA) is 67.7 Å². The number of benzene rings is 2. The number of amides is 1. The highest BCUT2D eigenvalue weighted by molar-refractivity contribution is 14.1. The fraction of sp³-hybridized carbons (Fsp3) is 0.414. The number of halogens is 5. The molecule has 3 aliphatic rings. The van der Waals surface area contributed by atoms with Crippen LogP contribution in [0, 0.1) is 14.8 Å². The quantitative estimate of drug-likeness (QED) is 0.201. The van der Waals surface area contributed by atoms with E-state index in [1.807, 2.05) is 18.7 Å². The van der Waals surface area contributed by atoms with Gasteiger partial charge in [0.1, 0.15) is 11.6 Å². The number of aromatic nitrogens is 2. The minimum Gasteiger partial charge on any atom is -0.380 e. The maximum Gasteiger partial charge on any atom is 0.417 e. The predicted octanol–water partition coefficient (Wildman–Crippen LogP) is 5.56. The number of nitrogens with zero attached hydrogens (tertiary/aromatic N) is 4. The summed E-state index contributed by atoms with van der Waals surface area (Å²) in [6.45, 7) is 8.84. The van der Waals surface area contributed by atoms with Crippen LogP contribution in [0.2, 0.25) is 0 Å². The standard InChI is InChI=1S/C29H27F4IN4O3S/c1-4-22(39)36-9-16(3)37(10-15(36)2)26-18-8-19(29(31,32)33)23(17-5-6-20(30)21(34)7-17)25-24(18)38(27(40)35-26)11-28(14-42-25)12-41-13-28/h4-8,15-16H,1,9-14H2,2-3H3/t15-,16+/m1/s1. The summed E-state index contributed by atoms with van der Waals surface area (Å²) in [6, 6.07) is 4.36. The molecule has 2 atom stereocenters. The van der Waals surface area contributed by atoms with E-state index in [4.69, 9.17) is 4.74 Å². The van der Waals surface area contributed by atoms with E-state index in [1.165, 1.54) is 34.5 Å². The molecule has 2 aromatic carbocycles. The van der Waals surface area contributed by atoms with Crippen molar-refractivity contribution >= 4 is 57.0 Å². The SMILES string of the molecule is C=CC(=O)N1C[C@H](C)N(c2nc(=O)n3c4c(c(-c5ccc(F)c(I)c5)c(C(F)(F)F)cc24)SCC2(COC2)C3)C[C@H]1C. The summed E-state index contributed by atoms with van der Waals surface area (Å²) in [5.41, 5.74) is -1.34. The number of anilines is 1. The monoisotopic (exact) mass is 714 g/mol. The summed E-state index contributed by atoms with van der Waals surface area (Å²) in [4.78, 5) is 34.4. The molecule has 222 valence electrons. The molecule has 0 radical (unpaired) electrons. The van der Waals surface area contributed by atoms with Crippen molar-refractivity contribution in [2.45, 2.75) is 43.5 Å². The number of rotatable bonds is 3. The van der Waals surface area contributed by atoms with Gasteiger partial charge in [0.25, 0.3) is 0 Å². The molecule has 1 aromatic heterocycles. The molecule has 1 amide bonds. The fourth-order valence-corrected chi connectivity index (χ4v) is 8.03. The summed E-state index contributed by atoms with van der Waals surface area (Å²) in [5.74, 6) is -0.165. The Labute approximate surface area is 257 Å². The molecule has 7 nitrogen and oxygen atoms in total. The molecule has 6 rings (SSSR count). The Kier molecular flexibility index (Phi) is 7.36. The minimum atomic E-state index is -4.75. The molecule has 2 fully saturated rings. The Balaban J connectivity index is 1.65. The number of hydrogen-bond acceptors (Lipinski definition) is 6. The Bertz CT molecular complexity index is 1690. The van der Waals surface area contributed by atoms with Gasteiger partial charge >= 0.3 is 11.9 Å². The third-order valence-corrected chi connectivity index (χ3v) is 10.5. The van der Waals surface area contributed by atoms with Crippen molar-refractivity contribution in [3.05, 3.63) is 62.4 Å². The van der Waals surface area contributed by atoms with Gasteiger partial charge in [-0.15, -0.1) is 11.8 Å². The molecule has 0 bridgehead atoms. The maximum atomic E-state index is 14.9. The van der Waals surface area contributed by atoms with E-state index in [0.717, 1.165) is 12.1 Å². The highest BCUT2D eigenvalue weighted by atomic mass is 127. The van der Waals surface area contributed by atoms with Crippen molar-refractivity contribution in [2.24, 2.45) is 5.41 Å². The van der Waals surface area contributed by atoms with Crippen LogP contribution in [-0.2, 0) is 22.3 Å². The van der Waals surface area contributed by atoms with Crippen molar-refractivity contribution in [3.63, 3.8) is 0 Å². The van der Waals surface area contributed by atoms with Crippen LogP contribution in [0.25, 0.3) is 22.0 Å². The normalized spacial score (nSPS) is 21.8. The molecule has 2 saturated heterocycles. The lowest BCUT2D eigenvalue weighted by molar-refractivity contribution is -0.137. The second-order valence-electron chi connectivity index (χ2n) is 11.3. The lowest BCUT2D eigenvalue weighted by Crippen LogP contribution is -2.58. The number of piperazine rings is 1. The van der Waals surface area contributed by atoms with E-state index in [9.17, 15) is 27.2 Å². The van der Waals surface area contributed by atoms with Crippen LogP contribution >= 0.6 is 34.4 Å². The van der Waals surface area contributed by atoms with E-state index in [2.05, 4.69) is 11.6 Å². The Morgan fingerprint density at radius 2 is 1.95 bits per heavy atom. The Morgan fingerprint density at radius 1 is 1.21 bits per heavy atom. The van der Waals surface area contributed by atoms with Gasteiger partial charge in [-0.05, 0) is 66.3 Å². The summed E-state index contributed by atoms with van der Waals surface area (Å²) in [7, 11) is 0. The Hall–Kier alpha value is -2.65. The molecule has 3 aromatic rings. The smallest absolute Gasteiger partial charge is 0.380 e. The number of thioether (sulfide) groups is 1. The fourth-order valence-electron chi connectivity index (χ4n) is 6.08. The molecule has 0 aliphatic carbocycles. The van der Waals surface area contributed by atoms with Crippen molar-refractivity contribution < 1.29 is 27.1 Å². The van der Waals surface area contributed by atoms with E-state index in [1.54, 1.807) is 27.5 Å². The van der Waals surface area contributed by atoms with Crippen LogP contribution < -0.4 is 10.6 Å². The molecule has 0 saturated carbocycles. The van der Waals surface area contributed by atoms with Gasteiger partial charge in [0.2, 0.25) is 5.91 Å². The second kappa shape index (κ2) is 10.5. The lowest BCUT2D eigenvalue weighted by atomic mass is 9.88. The summed E-state index contributed by atoms with van der Waals surface area (Å²) < 4.78 is 66.1. The second-order valence-corrected chi connectivity index (χ2v) is 13.4. The number of hydrogen-bond donors (Lipinski definition) is 0. The number of alkyl halides is 3. The third kappa shape index (κ3) is 4.80. The van der Waals surface area contributed by atoms with Crippen molar-refractivity contribution in [3.8, 4) is 11.1 Å². The van der Waals surface area contributed by atoms with Crippen LogP contribution in [0.5, 0.6) is 0 Å².